The number of carboxylic acids is 3. The van der Waals surface area contributed by atoms with E-state index >= 15 is 0 Å². The van der Waals surface area contributed by atoms with Crippen LogP contribution in [0.25, 0.3) is 0 Å². The minimum absolute atomic E-state index is 0.183. The van der Waals surface area contributed by atoms with Crippen LogP contribution in [0.1, 0.15) is 124 Å². The van der Waals surface area contributed by atoms with Gasteiger partial charge in [-0.05, 0) is 59.3 Å². The topological polar surface area (TPSA) is 115 Å². The second-order valence-electron chi connectivity index (χ2n) is 10.0. The zero-order valence-electron chi connectivity index (χ0n) is 22.7. The first kappa shape index (κ1) is 33.1. The molecule has 7 heteroatoms. The molecule has 0 saturated carbocycles. The highest BCUT2D eigenvalue weighted by Gasteiger charge is 2.50. The van der Waals surface area contributed by atoms with Crippen molar-refractivity contribution in [3.05, 3.63) is 12.2 Å². The maximum Gasteiger partial charge on any atom is 0.362 e. The van der Waals surface area contributed by atoms with Gasteiger partial charge >= 0.3 is 11.9 Å². The second-order valence-corrected chi connectivity index (χ2v) is 10.0. The van der Waals surface area contributed by atoms with Crippen molar-refractivity contribution in [2.75, 3.05) is 6.54 Å². The average Bonchev–Trinajstić information content (AvgIpc) is 2.82. The van der Waals surface area contributed by atoms with Crippen molar-refractivity contribution in [2.24, 2.45) is 0 Å². The zero-order valence-corrected chi connectivity index (χ0v) is 22.7. The molecule has 0 fully saturated rings. The Morgan fingerprint density at radius 1 is 0.657 bits per heavy atom. The molecule has 7 nitrogen and oxygen atoms in total. The monoisotopic (exact) mass is 497 g/mol. The maximum atomic E-state index is 11.8. The van der Waals surface area contributed by atoms with Gasteiger partial charge < -0.3 is 20.1 Å². The van der Waals surface area contributed by atoms with E-state index in [0.717, 1.165) is 25.7 Å². The smallest absolute Gasteiger partial charge is 0.362 e. The van der Waals surface area contributed by atoms with E-state index in [2.05, 4.69) is 19.1 Å². The van der Waals surface area contributed by atoms with Crippen LogP contribution in [0.5, 0.6) is 0 Å². The van der Waals surface area contributed by atoms with Crippen molar-refractivity contribution in [3.8, 4) is 0 Å². The summed E-state index contributed by atoms with van der Waals surface area (Å²) >= 11 is 0. The Kier molecular flexibility index (Phi) is 18.3. The number of quaternary nitrogens is 1. The van der Waals surface area contributed by atoms with Gasteiger partial charge in [-0.15, -0.1) is 0 Å². The molecule has 0 amide bonds. The molecule has 0 aliphatic carbocycles. The number of aliphatic carboxylic acids is 3. The molecule has 3 atom stereocenters. The largest absolute Gasteiger partial charge is 0.544 e. The molecule has 35 heavy (non-hydrogen) atoms. The lowest BCUT2D eigenvalue weighted by molar-refractivity contribution is -0.969. The Labute approximate surface area is 213 Å². The van der Waals surface area contributed by atoms with Gasteiger partial charge in [-0.1, -0.05) is 76.9 Å². The highest BCUT2D eigenvalue weighted by atomic mass is 16.4. The van der Waals surface area contributed by atoms with Crippen molar-refractivity contribution >= 4 is 17.9 Å². The predicted octanol–water partition coefficient (Wildman–Crippen LogP) is 5.32. The molecular weight excluding hydrogens is 446 g/mol. The van der Waals surface area contributed by atoms with Crippen LogP contribution in [0.15, 0.2) is 12.2 Å². The van der Waals surface area contributed by atoms with Crippen LogP contribution in [0.4, 0.5) is 0 Å². The lowest BCUT2D eigenvalue weighted by atomic mass is 10.00. The van der Waals surface area contributed by atoms with E-state index in [1.165, 1.54) is 85.0 Å². The third kappa shape index (κ3) is 12.6. The molecule has 0 rings (SSSR count). The molecule has 0 spiro atoms. The minimum Gasteiger partial charge on any atom is -0.544 e. The van der Waals surface area contributed by atoms with E-state index < -0.39 is 40.5 Å². The van der Waals surface area contributed by atoms with Gasteiger partial charge in [0.1, 0.15) is 6.04 Å². The summed E-state index contributed by atoms with van der Waals surface area (Å²) in [5.74, 6) is -3.82. The lowest BCUT2D eigenvalue weighted by Crippen LogP contribution is -2.72. The lowest BCUT2D eigenvalue weighted by Gasteiger charge is -2.49. The number of hydrogen-bond donors (Lipinski definition) is 2. The van der Waals surface area contributed by atoms with Gasteiger partial charge in [0.05, 0.1) is 12.5 Å². The molecule has 3 unspecified atom stereocenters. The highest BCUT2D eigenvalue weighted by Crippen LogP contribution is 2.27. The Morgan fingerprint density at radius 3 is 1.40 bits per heavy atom. The summed E-state index contributed by atoms with van der Waals surface area (Å²) in [5.41, 5.74) is 0. The van der Waals surface area contributed by atoms with Gasteiger partial charge in [-0.25, -0.2) is 9.59 Å². The summed E-state index contributed by atoms with van der Waals surface area (Å²) in [5, 5.41) is 30.9. The Bertz CT molecular complexity index is 583. The highest BCUT2D eigenvalue weighted by molar-refractivity contribution is 5.76. The third-order valence-corrected chi connectivity index (χ3v) is 7.53. The summed E-state index contributed by atoms with van der Waals surface area (Å²) in [7, 11) is 0. The molecular formula is C28H51NO6. The SMILES string of the molecule is CCCCCC/C=C/CCCCCCCCCCC[N+](C(C)C(=O)[O-])(C(C)C(=O)O)C(C)C(=O)O. The number of unbranched alkanes of at least 4 members (excludes halogenated alkanes) is 13. The zero-order chi connectivity index (χ0) is 26.7. The van der Waals surface area contributed by atoms with Gasteiger partial charge in [-0.2, -0.15) is 0 Å². The quantitative estimate of drug-likeness (QED) is 0.112. The number of carbonyl (C=O) groups is 3. The molecule has 0 aliphatic rings. The Balaban J connectivity index is 4.28. The van der Waals surface area contributed by atoms with Crippen molar-refractivity contribution in [2.45, 2.75) is 142 Å². The van der Waals surface area contributed by atoms with E-state index in [-0.39, 0.29) is 6.54 Å². The standard InChI is InChI=1S/C28H51NO6/c1-5-6-7-8-9-10-11-12-13-14-15-16-17-18-19-20-21-22-29(23(2)26(30)31,24(3)27(32)33)25(4)28(34)35/h10-11,23-25H,5-9,12-22H2,1-4H3,(H2-,30,31,32,33,34,35)/b11-10+. The van der Waals surface area contributed by atoms with E-state index in [1.807, 2.05) is 0 Å². The molecule has 0 aromatic carbocycles. The van der Waals surface area contributed by atoms with Crippen LogP contribution < -0.4 is 5.11 Å². The van der Waals surface area contributed by atoms with Crippen molar-refractivity contribution in [1.82, 2.24) is 0 Å². The normalized spacial score (nSPS) is 16.0. The van der Waals surface area contributed by atoms with Gasteiger partial charge in [-0.3, -0.25) is 4.48 Å². The number of rotatable bonds is 23. The summed E-state index contributed by atoms with van der Waals surface area (Å²) in [6, 6.07) is -3.56. The Morgan fingerprint density at radius 2 is 1.03 bits per heavy atom. The maximum absolute atomic E-state index is 11.8. The summed E-state index contributed by atoms with van der Waals surface area (Å²) in [6.07, 6.45) is 21.8. The van der Waals surface area contributed by atoms with Crippen molar-refractivity contribution in [1.29, 1.82) is 0 Å². The van der Waals surface area contributed by atoms with Gasteiger partial charge in [0.15, 0.2) is 12.1 Å². The number of allylic oxidation sites excluding steroid dienone is 2. The van der Waals surface area contributed by atoms with Crippen molar-refractivity contribution in [3.63, 3.8) is 0 Å². The molecule has 0 radical (unpaired) electrons. The second kappa shape index (κ2) is 19.3. The fraction of sp³-hybridized carbons (Fsp3) is 0.821. The summed E-state index contributed by atoms with van der Waals surface area (Å²) in [4.78, 5) is 35.2. The van der Waals surface area contributed by atoms with Crippen LogP contribution in [0.3, 0.4) is 0 Å². The van der Waals surface area contributed by atoms with Crippen LogP contribution in [0, 0.1) is 0 Å². The first-order chi connectivity index (χ1) is 16.6. The molecule has 0 aliphatic heterocycles. The fourth-order valence-electron chi connectivity index (χ4n) is 5.00. The average molecular weight is 498 g/mol. The fourth-order valence-corrected chi connectivity index (χ4v) is 5.00. The molecule has 204 valence electrons. The molecule has 0 bridgehead atoms. The van der Waals surface area contributed by atoms with Crippen LogP contribution in [-0.2, 0) is 14.4 Å². The van der Waals surface area contributed by atoms with Crippen LogP contribution in [0.2, 0.25) is 0 Å². The van der Waals surface area contributed by atoms with Crippen LogP contribution in [-0.4, -0.2) is 57.3 Å². The van der Waals surface area contributed by atoms with E-state index in [4.69, 9.17) is 0 Å². The Hall–Kier alpha value is -1.89. The number of carboxylic acid groups (broad SMARTS) is 3. The molecule has 2 N–H and O–H groups in total. The first-order valence-electron chi connectivity index (χ1n) is 13.8. The first-order valence-corrected chi connectivity index (χ1v) is 13.8. The minimum atomic E-state index is -1.42. The van der Waals surface area contributed by atoms with Crippen molar-refractivity contribution < 1.29 is 34.2 Å². The number of nitrogens with zero attached hydrogens (tertiary/aromatic N) is 1. The molecule has 0 saturated heterocycles. The number of hydrogen-bond acceptors (Lipinski definition) is 4. The van der Waals surface area contributed by atoms with Gasteiger partial charge in [0.25, 0.3) is 0 Å². The van der Waals surface area contributed by atoms with E-state index in [9.17, 15) is 29.7 Å². The van der Waals surface area contributed by atoms with Gasteiger partial charge in [0, 0.05) is 0 Å². The molecule has 0 heterocycles. The summed E-state index contributed by atoms with van der Waals surface area (Å²) < 4.78 is -0.541. The molecule has 0 aromatic rings. The summed E-state index contributed by atoms with van der Waals surface area (Å²) in [6.45, 7) is 6.56. The van der Waals surface area contributed by atoms with E-state index in [1.54, 1.807) is 0 Å². The van der Waals surface area contributed by atoms with Gasteiger partial charge in [0.2, 0.25) is 0 Å². The van der Waals surface area contributed by atoms with Crippen LogP contribution >= 0.6 is 0 Å². The predicted molar refractivity (Wildman–Crippen MR) is 138 cm³/mol. The third-order valence-electron chi connectivity index (χ3n) is 7.53. The molecule has 0 aromatic heterocycles. The number of carbonyl (C=O) groups excluding carboxylic acids is 1. The van der Waals surface area contributed by atoms with E-state index in [0.29, 0.717) is 6.42 Å².